The number of aryl methyl sites for hydroxylation is 1. The minimum Gasteiger partial charge on any atom is -0.355 e. The van der Waals surface area contributed by atoms with Crippen molar-refractivity contribution in [3.8, 4) is 6.07 Å². The summed E-state index contributed by atoms with van der Waals surface area (Å²) < 4.78 is 26.8. The van der Waals surface area contributed by atoms with E-state index in [1.54, 1.807) is 7.05 Å². The average Bonchev–Trinajstić information content (AvgIpc) is 3.20. The summed E-state index contributed by atoms with van der Waals surface area (Å²) >= 11 is 0. The molecule has 0 spiro atoms. The van der Waals surface area contributed by atoms with Crippen LogP contribution >= 0.6 is 0 Å². The third-order valence-electron chi connectivity index (χ3n) is 5.86. The number of guanidine groups is 1. The second-order valence-corrected chi connectivity index (χ2v) is 10.3. The lowest BCUT2D eigenvalue weighted by Crippen LogP contribution is -2.45. The molecule has 1 aromatic carbocycles. The number of nitrogens with one attached hydrogen (secondary N) is 3. The number of carbonyl (C=O) groups is 1. The molecule has 1 atom stereocenters. The topological polar surface area (TPSA) is 141 Å². The van der Waals surface area contributed by atoms with Gasteiger partial charge in [0.25, 0.3) is 5.91 Å². The van der Waals surface area contributed by atoms with Gasteiger partial charge in [0.2, 0.25) is 16.0 Å². The van der Waals surface area contributed by atoms with Crippen molar-refractivity contribution in [3.63, 3.8) is 0 Å². The van der Waals surface area contributed by atoms with Crippen LogP contribution < -0.4 is 15.4 Å². The van der Waals surface area contributed by atoms with Crippen molar-refractivity contribution in [2.24, 2.45) is 12.0 Å². The quantitative estimate of drug-likeness (QED) is 0.597. The maximum Gasteiger partial charge on any atom is 0.291 e. The van der Waals surface area contributed by atoms with E-state index >= 15 is 0 Å². The van der Waals surface area contributed by atoms with Gasteiger partial charge < -0.3 is 15.2 Å². The Morgan fingerprint density at radius 3 is 2.76 bits per heavy atom. The number of amides is 1. The Balaban J connectivity index is 1.61. The molecular formula is C23H27N7O3S. The number of anilines is 1. The molecule has 34 heavy (non-hydrogen) atoms. The smallest absolute Gasteiger partial charge is 0.291 e. The van der Waals surface area contributed by atoms with Gasteiger partial charge in [-0.3, -0.25) is 14.5 Å². The predicted octanol–water partition coefficient (Wildman–Crippen LogP) is 2.09. The number of aliphatic imine (C=N–C) groups is 1. The molecule has 1 aromatic heterocycles. The molecule has 4 rings (SSSR count). The van der Waals surface area contributed by atoms with Gasteiger partial charge in [-0.05, 0) is 49.0 Å². The lowest BCUT2D eigenvalue weighted by molar-refractivity contribution is 0.101. The van der Waals surface area contributed by atoms with Gasteiger partial charge >= 0.3 is 0 Å². The number of rotatable bonds is 5. The van der Waals surface area contributed by atoms with Crippen LogP contribution in [0.25, 0.3) is 5.57 Å². The van der Waals surface area contributed by atoms with Gasteiger partial charge in [-0.2, -0.15) is 5.26 Å². The number of hydrogen-bond donors (Lipinski definition) is 3. The Kier molecular flexibility index (Phi) is 6.70. The molecule has 178 valence electrons. The first-order valence-corrected chi connectivity index (χ1v) is 13.0. The zero-order valence-corrected chi connectivity index (χ0v) is 19.9. The van der Waals surface area contributed by atoms with Crippen molar-refractivity contribution < 1.29 is 13.2 Å². The first kappa shape index (κ1) is 23.5. The third kappa shape index (κ3) is 5.46. The van der Waals surface area contributed by atoms with Crippen LogP contribution in [0.3, 0.4) is 0 Å². The van der Waals surface area contributed by atoms with E-state index in [2.05, 4.69) is 37.5 Å². The van der Waals surface area contributed by atoms with Gasteiger partial charge in [0.15, 0.2) is 11.5 Å². The Morgan fingerprint density at radius 2 is 2.15 bits per heavy atom. The normalized spacial score (nSPS) is 18.2. The summed E-state index contributed by atoms with van der Waals surface area (Å²) in [5.41, 5.74) is 4.08. The number of benzene rings is 1. The SMILES string of the molecule is Cn1cc(C#N)nc1C(=O)Nc1ccc(C2CN=C(NS(C)(=O)=O)NC2)cc1C1=CCCCC1. The number of aromatic nitrogens is 2. The van der Waals surface area contributed by atoms with E-state index in [4.69, 9.17) is 5.26 Å². The monoisotopic (exact) mass is 481 g/mol. The summed E-state index contributed by atoms with van der Waals surface area (Å²) in [5.74, 6) is 0.103. The highest BCUT2D eigenvalue weighted by molar-refractivity contribution is 7.89. The van der Waals surface area contributed by atoms with E-state index < -0.39 is 10.0 Å². The zero-order valence-electron chi connectivity index (χ0n) is 19.1. The first-order valence-electron chi connectivity index (χ1n) is 11.1. The Labute approximate surface area is 198 Å². The summed E-state index contributed by atoms with van der Waals surface area (Å²) in [5, 5.41) is 15.1. The van der Waals surface area contributed by atoms with E-state index in [0.717, 1.165) is 43.1 Å². The molecule has 10 nitrogen and oxygen atoms in total. The fourth-order valence-electron chi connectivity index (χ4n) is 4.19. The van der Waals surface area contributed by atoms with E-state index in [-0.39, 0.29) is 29.3 Å². The van der Waals surface area contributed by atoms with Crippen molar-refractivity contribution in [1.82, 2.24) is 19.6 Å². The van der Waals surface area contributed by atoms with Crippen molar-refractivity contribution >= 4 is 33.2 Å². The predicted molar refractivity (Wildman–Crippen MR) is 130 cm³/mol. The van der Waals surface area contributed by atoms with Gasteiger partial charge in [-0.25, -0.2) is 13.4 Å². The number of carbonyl (C=O) groups excluding carboxylic acids is 1. The van der Waals surface area contributed by atoms with Crippen LogP contribution in [0.4, 0.5) is 5.69 Å². The van der Waals surface area contributed by atoms with Crippen LogP contribution in [-0.4, -0.2) is 49.2 Å². The number of hydrogen-bond acceptors (Lipinski definition) is 7. The van der Waals surface area contributed by atoms with Gasteiger partial charge in [0.1, 0.15) is 6.07 Å². The first-order chi connectivity index (χ1) is 16.2. The molecule has 1 unspecified atom stereocenters. The Bertz CT molecular complexity index is 1320. The summed E-state index contributed by atoms with van der Waals surface area (Å²) in [4.78, 5) is 21.4. The van der Waals surface area contributed by atoms with Gasteiger partial charge in [0.05, 0.1) is 12.8 Å². The molecule has 0 saturated carbocycles. The molecule has 0 saturated heterocycles. The van der Waals surface area contributed by atoms with E-state index in [9.17, 15) is 13.2 Å². The lowest BCUT2D eigenvalue weighted by atomic mass is 9.88. The highest BCUT2D eigenvalue weighted by Crippen LogP contribution is 2.34. The highest BCUT2D eigenvalue weighted by Gasteiger charge is 2.22. The maximum absolute atomic E-state index is 12.9. The molecule has 2 aliphatic rings. The molecule has 2 heterocycles. The van der Waals surface area contributed by atoms with Gasteiger partial charge in [-0.15, -0.1) is 0 Å². The second-order valence-electron chi connectivity index (χ2n) is 8.55. The van der Waals surface area contributed by atoms with Crippen molar-refractivity contribution in [2.45, 2.75) is 31.6 Å². The number of nitrogens with zero attached hydrogens (tertiary/aromatic N) is 4. The molecule has 1 aliphatic heterocycles. The Hall–Kier alpha value is -3.65. The summed E-state index contributed by atoms with van der Waals surface area (Å²) in [6, 6.07) is 7.89. The third-order valence-corrected chi connectivity index (χ3v) is 6.43. The van der Waals surface area contributed by atoms with Crippen LogP contribution in [-0.2, 0) is 17.1 Å². The molecule has 0 fully saturated rings. The average molecular weight is 482 g/mol. The van der Waals surface area contributed by atoms with Crippen LogP contribution in [0, 0.1) is 11.3 Å². The van der Waals surface area contributed by atoms with Crippen LogP contribution in [0.5, 0.6) is 0 Å². The number of allylic oxidation sites excluding steroid dienone is 2. The van der Waals surface area contributed by atoms with Crippen LogP contribution in [0.2, 0.25) is 0 Å². The van der Waals surface area contributed by atoms with E-state index in [1.165, 1.54) is 16.3 Å². The molecule has 3 N–H and O–H groups in total. The summed E-state index contributed by atoms with van der Waals surface area (Å²) in [6.45, 7) is 0.981. The standard InChI is InChI=1S/C23H27N7O3S/c1-30-14-18(11-24)27-21(30)22(31)28-20-9-8-16(10-19(20)15-6-4-3-5-7-15)17-12-25-23(26-13-17)29-34(2,32)33/h6,8-10,14,17H,3-5,7,12-13H2,1-2H3,(H,28,31)(H2,25,26,29). The molecular weight excluding hydrogens is 454 g/mol. The van der Waals surface area contributed by atoms with Gasteiger partial charge in [-0.1, -0.05) is 12.1 Å². The molecule has 1 aliphatic carbocycles. The van der Waals surface area contributed by atoms with Crippen LogP contribution in [0.1, 0.15) is 59.0 Å². The minimum absolute atomic E-state index is 0.0607. The molecule has 11 heteroatoms. The van der Waals surface area contributed by atoms with Gasteiger partial charge in [0, 0.05) is 37.0 Å². The molecule has 1 amide bonds. The second kappa shape index (κ2) is 9.69. The lowest BCUT2D eigenvalue weighted by Gasteiger charge is -2.25. The van der Waals surface area contributed by atoms with Crippen LogP contribution in [0.15, 0.2) is 35.5 Å². The number of imidazole rings is 1. The number of nitriles is 1. The van der Waals surface area contributed by atoms with E-state index in [0.29, 0.717) is 18.8 Å². The molecule has 0 bridgehead atoms. The molecule has 2 aromatic rings. The maximum atomic E-state index is 12.9. The van der Waals surface area contributed by atoms with Crippen molar-refractivity contribution in [1.29, 1.82) is 5.26 Å². The molecule has 0 radical (unpaired) electrons. The zero-order chi connectivity index (χ0) is 24.3. The van der Waals surface area contributed by atoms with Crippen molar-refractivity contribution in [2.75, 3.05) is 24.7 Å². The fourth-order valence-corrected chi connectivity index (χ4v) is 4.68. The fraction of sp³-hybridized carbons (Fsp3) is 0.391. The number of sulfonamides is 1. The minimum atomic E-state index is -3.39. The summed E-state index contributed by atoms with van der Waals surface area (Å²) in [7, 11) is -1.71. The van der Waals surface area contributed by atoms with Crippen molar-refractivity contribution in [3.05, 3.63) is 53.1 Å². The Morgan fingerprint density at radius 1 is 1.32 bits per heavy atom. The largest absolute Gasteiger partial charge is 0.355 e. The van der Waals surface area contributed by atoms with E-state index in [1.807, 2.05) is 18.2 Å². The highest BCUT2D eigenvalue weighted by atomic mass is 32.2. The summed E-state index contributed by atoms with van der Waals surface area (Å²) in [6.07, 6.45) is 8.98.